The van der Waals surface area contributed by atoms with Crippen LogP contribution in [-0.2, 0) is 11.2 Å². The second-order valence-corrected chi connectivity index (χ2v) is 6.62. The molecule has 6 nitrogen and oxygen atoms in total. The van der Waals surface area contributed by atoms with Crippen molar-refractivity contribution in [3.63, 3.8) is 0 Å². The average molecular weight is 359 g/mol. The highest BCUT2D eigenvalue weighted by atomic mass is 19.1. The molecule has 1 N–H and O–H groups in total. The summed E-state index contributed by atoms with van der Waals surface area (Å²) < 4.78 is 18.7. The monoisotopic (exact) mass is 359 g/mol. The maximum absolute atomic E-state index is 13.1. The minimum Gasteiger partial charge on any atom is -0.379 e. The van der Waals surface area contributed by atoms with E-state index in [1.807, 2.05) is 0 Å². The quantitative estimate of drug-likeness (QED) is 0.905. The smallest absolute Gasteiger partial charge is 0.272 e. The van der Waals surface area contributed by atoms with Crippen molar-refractivity contribution in [1.29, 1.82) is 0 Å². The van der Waals surface area contributed by atoms with Crippen LogP contribution in [-0.4, -0.2) is 47.1 Å². The summed E-state index contributed by atoms with van der Waals surface area (Å²) in [5, 5.41) is 0. The van der Waals surface area contributed by atoms with E-state index in [0.29, 0.717) is 18.9 Å². The molecule has 1 aromatic carbocycles. The summed E-state index contributed by atoms with van der Waals surface area (Å²) in [6.45, 7) is 2.65. The van der Waals surface area contributed by atoms with E-state index in [0.717, 1.165) is 18.4 Å². The van der Waals surface area contributed by atoms with Crippen LogP contribution in [0.15, 0.2) is 35.1 Å². The lowest BCUT2D eigenvalue weighted by atomic mass is 9.87. The largest absolute Gasteiger partial charge is 0.379 e. The van der Waals surface area contributed by atoms with Gasteiger partial charge < -0.3 is 14.6 Å². The lowest BCUT2D eigenvalue weighted by Crippen LogP contribution is -2.48. The summed E-state index contributed by atoms with van der Waals surface area (Å²) in [6, 6.07) is 7.69. The number of nitrogens with zero attached hydrogens (tertiary/aromatic N) is 2. The lowest BCUT2D eigenvalue weighted by molar-refractivity contribution is -0.00718. The maximum atomic E-state index is 13.1. The second kappa shape index (κ2) is 7.78. The number of ether oxygens (including phenoxy) is 1. The van der Waals surface area contributed by atoms with Crippen LogP contribution in [0.2, 0.25) is 0 Å². The molecule has 1 fully saturated rings. The summed E-state index contributed by atoms with van der Waals surface area (Å²) >= 11 is 0. The Morgan fingerprint density at radius 3 is 2.77 bits per heavy atom. The number of aryl methyl sites for hydroxylation is 1. The van der Waals surface area contributed by atoms with Crippen molar-refractivity contribution < 1.29 is 13.9 Å². The average Bonchev–Trinajstić information content (AvgIpc) is 2.62. The zero-order chi connectivity index (χ0) is 18.7. The molecule has 0 spiro atoms. The number of benzene rings is 1. The van der Waals surface area contributed by atoms with Crippen molar-refractivity contribution in [3.05, 3.63) is 63.6 Å². The van der Waals surface area contributed by atoms with Gasteiger partial charge in [-0.05, 0) is 43.4 Å². The van der Waals surface area contributed by atoms with Gasteiger partial charge in [0, 0.05) is 26.3 Å². The van der Waals surface area contributed by atoms with Crippen molar-refractivity contribution in [2.75, 3.05) is 20.2 Å². The highest BCUT2D eigenvalue weighted by molar-refractivity contribution is 5.92. The molecule has 138 valence electrons. The molecular weight excluding hydrogens is 337 g/mol. The fraction of sp³-hybridized carbons (Fsp3) is 0.421. The van der Waals surface area contributed by atoms with Gasteiger partial charge in [0.2, 0.25) is 0 Å². The van der Waals surface area contributed by atoms with E-state index in [1.165, 1.54) is 18.2 Å². The molecular formula is C19H22FN3O3. The number of aromatic nitrogens is 2. The number of carbonyl (C=O) groups excluding carboxylic acids is 1. The molecule has 0 unspecified atom stereocenters. The van der Waals surface area contributed by atoms with Crippen LogP contribution in [0.25, 0.3) is 0 Å². The van der Waals surface area contributed by atoms with Crippen LogP contribution in [0.4, 0.5) is 4.39 Å². The zero-order valence-electron chi connectivity index (χ0n) is 14.9. The third kappa shape index (κ3) is 4.16. The number of likely N-dealkylation sites (tertiary alicyclic amines) is 1. The first-order chi connectivity index (χ1) is 12.5. The molecule has 0 radical (unpaired) electrons. The molecule has 0 saturated carbocycles. The van der Waals surface area contributed by atoms with Gasteiger partial charge in [0.05, 0.1) is 6.10 Å². The zero-order valence-corrected chi connectivity index (χ0v) is 14.9. The summed E-state index contributed by atoms with van der Waals surface area (Å²) in [5.74, 6) is 0.137. The first-order valence-corrected chi connectivity index (χ1v) is 8.60. The first-order valence-electron chi connectivity index (χ1n) is 8.60. The van der Waals surface area contributed by atoms with Gasteiger partial charge in [0.15, 0.2) is 0 Å². The molecule has 1 aliphatic heterocycles. The minimum absolute atomic E-state index is 0.124. The van der Waals surface area contributed by atoms with Crippen LogP contribution >= 0.6 is 0 Å². The molecule has 2 aromatic rings. The van der Waals surface area contributed by atoms with E-state index in [-0.39, 0.29) is 35.0 Å². The topological polar surface area (TPSA) is 75.3 Å². The highest BCUT2D eigenvalue weighted by Crippen LogP contribution is 2.25. The van der Waals surface area contributed by atoms with Gasteiger partial charge in [0.25, 0.3) is 11.5 Å². The van der Waals surface area contributed by atoms with Crippen LogP contribution in [0.1, 0.15) is 28.3 Å². The molecule has 1 saturated heterocycles. The van der Waals surface area contributed by atoms with Crippen molar-refractivity contribution in [1.82, 2.24) is 14.9 Å². The predicted molar refractivity (Wildman–Crippen MR) is 94.5 cm³/mol. The summed E-state index contributed by atoms with van der Waals surface area (Å²) in [5.41, 5.74) is 0.860. The molecule has 1 aliphatic rings. The molecule has 0 aliphatic carbocycles. The van der Waals surface area contributed by atoms with Gasteiger partial charge >= 0.3 is 0 Å². The van der Waals surface area contributed by atoms with Crippen molar-refractivity contribution in [2.45, 2.75) is 25.9 Å². The van der Waals surface area contributed by atoms with Crippen molar-refractivity contribution >= 4 is 5.91 Å². The Morgan fingerprint density at radius 2 is 2.12 bits per heavy atom. The van der Waals surface area contributed by atoms with E-state index in [4.69, 9.17) is 4.74 Å². The third-order valence-corrected chi connectivity index (χ3v) is 4.78. The predicted octanol–water partition coefficient (Wildman–Crippen LogP) is 1.94. The molecule has 1 aromatic heterocycles. The van der Waals surface area contributed by atoms with E-state index in [1.54, 1.807) is 31.1 Å². The van der Waals surface area contributed by atoms with Crippen molar-refractivity contribution in [3.8, 4) is 0 Å². The third-order valence-electron chi connectivity index (χ3n) is 4.78. The molecule has 7 heteroatoms. The Hall–Kier alpha value is -2.54. The number of methoxy groups -OCH3 is 1. The molecule has 0 bridgehead atoms. The Labute approximate surface area is 151 Å². The maximum Gasteiger partial charge on any atom is 0.272 e. The van der Waals surface area contributed by atoms with Gasteiger partial charge in [-0.3, -0.25) is 9.59 Å². The number of hydrogen-bond donors (Lipinski definition) is 1. The first kappa shape index (κ1) is 18.3. The summed E-state index contributed by atoms with van der Waals surface area (Å²) in [4.78, 5) is 32.6. The second-order valence-electron chi connectivity index (χ2n) is 6.62. The van der Waals surface area contributed by atoms with Crippen LogP contribution in [0.5, 0.6) is 0 Å². The minimum atomic E-state index is -0.338. The Bertz CT molecular complexity index is 835. The number of amides is 1. The van der Waals surface area contributed by atoms with Gasteiger partial charge in [-0.1, -0.05) is 12.1 Å². The standard InChI is InChI=1S/C19H22FN3O3/c1-12-21-16(10-18(24)22-12)19(25)23-8-7-14(17(11-23)26-2)9-13-3-5-15(20)6-4-13/h3-6,10,14,17H,7-9,11H2,1-2H3,(H,21,22,24)/t14-,17-/m1/s1. The fourth-order valence-corrected chi connectivity index (χ4v) is 3.42. The number of halogens is 1. The van der Waals surface area contributed by atoms with Gasteiger partial charge in [-0.25, -0.2) is 9.37 Å². The van der Waals surface area contributed by atoms with Gasteiger partial charge in [0.1, 0.15) is 17.3 Å². The highest BCUT2D eigenvalue weighted by Gasteiger charge is 2.32. The molecule has 26 heavy (non-hydrogen) atoms. The van der Waals surface area contributed by atoms with Crippen LogP contribution in [0.3, 0.4) is 0 Å². The molecule has 2 atom stereocenters. The lowest BCUT2D eigenvalue weighted by Gasteiger charge is -2.37. The molecule has 2 heterocycles. The number of rotatable bonds is 4. The molecule has 3 rings (SSSR count). The number of hydrogen-bond acceptors (Lipinski definition) is 4. The van der Waals surface area contributed by atoms with E-state index < -0.39 is 0 Å². The normalized spacial score (nSPS) is 20.2. The number of nitrogens with one attached hydrogen (secondary N) is 1. The summed E-state index contributed by atoms with van der Waals surface area (Å²) in [6.07, 6.45) is 1.41. The number of piperidine rings is 1. The number of aromatic amines is 1. The van der Waals surface area contributed by atoms with E-state index >= 15 is 0 Å². The fourth-order valence-electron chi connectivity index (χ4n) is 3.42. The van der Waals surface area contributed by atoms with Crippen LogP contribution in [0, 0.1) is 18.7 Å². The Morgan fingerprint density at radius 1 is 1.38 bits per heavy atom. The van der Waals surface area contributed by atoms with Crippen LogP contribution < -0.4 is 5.56 Å². The van der Waals surface area contributed by atoms with Crippen molar-refractivity contribution in [2.24, 2.45) is 5.92 Å². The molecule has 1 amide bonds. The van der Waals surface area contributed by atoms with Gasteiger partial charge in [-0.2, -0.15) is 0 Å². The summed E-state index contributed by atoms with van der Waals surface area (Å²) in [7, 11) is 1.63. The number of carbonyl (C=O) groups is 1. The number of H-pyrrole nitrogens is 1. The Kier molecular flexibility index (Phi) is 5.46. The van der Waals surface area contributed by atoms with E-state index in [9.17, 15) is 14.0 Å². The van der Waals surface area contributed by atoms with E-state index in [2.05, 4.69) is 9.97 Å². The SMILES string of the molecule is CO[C@@H]1CN(C(=O)c2cc(=O)[nH]c(C)n2)CC[C@@H]1Cc1ccc(F)cc1. The Balaban J connectivity index is 1.69. The van der Waals surface area contributed by atoms with Gasteiger partial charge in [-0.15, -0.1) is 0 Å².